The van der Waals surface area contributed by atoms with Crippen LogP contribution < -0.4 is 10.2 Å². The molecular weight excluding hydrogens is 326 g/mol. The van der Waals surface area contributed by atoms with E-state index in [9.17, 15) is 9.90 Å². The number of hydrogen-bond donors (Lipinski definition) is 2. The highest BCUT2D eigenvalue weighted by molar-refractivity contribution is 5.94. The summed E-state index contributed by atoms with van der Waals surface area (Å²) in [6.07, 6.45) is 6.97. The first kappa shape index (κ1) is 17.0. The number of rotatable bonds is 4. The summed E-state index contributed by atoms with van der Waals surface area (Å²) in [5, 5.41) is 13.8. The predicted octanol–water partition coefficient (Wildman–Crippen LogP) is 2.33. The Bertz CT molecular complexity index is 793. The fourth-order valence-corrected chi connectivity index (χ4v) is 3.96. The SMILES string of the molecule is O=C(NCC1(O)CCN(c2ccccn2)C1)c1ccc2c(c1)CCCC2. The molecule has 2 N–H and O–H groups in total. The van der Waals surface area contributed by atoms with Crippen LogP contribution in [0.1, 0.15) is 40.7 Å². The average Bonchev–Trinajstić information content (AvgIpc) is 3.09. The molecule has 1 saturated heterocycles. The summed E-state index contributed by atoms with van der Waals surface area (Å²) in [6.45, 7) is 1.48. The second kappa shape index (κ2) is 7.08. The van der Waals surface area contributed by atoms with Gasteiger partial charge in [0.05, 0.1) is 0 Å². The Balaban J connectivity index is 1.37. The number of aromatic nitrogens is 1. The molecule has 136 valence electrons. The van der Waals surface area contributed by atoms with E-state index >= 15 is 0 Å². The van der Waals surface area contributed by atoms with Crippen LogP contribution in [0.2, 0.25) is 0 Å². The van der Waals surface area contributed by atoms with Crippen molar-refractivity contribution in [3.63, 3.8) is 0 Å². The van der Waals surface area contributed by atoms with Crippen LogP contribution in [0.15, 0.2) is 42.6 Å². The lowest BCUT2D eigenvalue weighted by molar-refractivity contribution is 0.0575. The van der Waals surface area contributed by atoms with E-state index in [4.69, 9.17) is 0 Å². The molecule has 0 radical (unpaired) electrons. The number of nitrogens with zero attached hydrogens (tertiary/aromatic N) is 2. The van der Waals surface area contributed by atoms with Gasteiger partial charge in [0, 0.05) is 31.4 Å². The van der Waals surface area contributed by atoms with E-state index < -0.39 is 5.60 Å². The molecule has 1 unspecified atom stereocenters. The third-order valence-electron chi connectivity index (χ3n) is 5.49. The summed E-state index contributed by atoms with van der Waals surface area (Å²) in [7, 11) is 0. The topological polar surface area (TPSA) is 65.5 Å². The van der Waals surface area contributed by atoms with Gasteiger partial charge in [-0.15, -0.1) is 0 Å². The first-order valence-corrected chi connectivity index (χ1v) is 9.41. The zero-order valence-corrected chi connectivity index (χ0v) is 14.9. The molecule has 4 rings (SSSR count). The molecule has 1 fully saturated rings. The van der Waals surface area contributed by atoms with E-state index in [1.165, 1.54) is 24.0 Å². The summed E-state index contributed by atoms with van der Waals surface area (Å²) in [4.78, 5) is 18.9. The lowest BCUT2D eigenvalue weighted by Gasteiger charge is -2.24. The lowest BCUT2D eigenvalue weighted by atomic mass is 9.90. The Morgan fingerprint density at radius 2 is 2.04 bits per heavy atom. The van der Waals surface area contributed by atoms with Crippen molar-refractivity contribution in [2.45, 2.75) is 37.7 Å². The van der Waals surface area contributed by atoms with Crippen LogP contribution in [0.3, 0.4) is 0 Å². The van der Waals surface area contributed by atoms with Crippen molar-refractivity contribution in [3.8, 4) is 0 Å². The minimum Gasteiger partial charge on any atom is -0.386 e. The van der Waals surface area contributed by atoms with Crippen LogP contribution in [-0.2, 0) is 12.8 Å². The minimum atomic E-state index is -0.915. The van der Waals surface area contributed by atoms with Gasteiger partial charge in [-0.3, -0.25) is 4.79 Å². The highest BCUT2D eigenvalue weighted by atomic mass is 16.3. The molecule has 1 atom stereocenters. The number of nitrogens with one attached hydrogen (secondary N) is 1. The smallest absolute Gasteiger partial charge is 0.251 e. The lowest BCUT2D eigenvalue weighted by Crippen LogP contribution is -2.45. The van der Waals surface area contributed by atoms with Crippen molar-refractivity contribution in [1.29, 1.82) is 0 Å². The minimum absolute atomic E-state index is 0.108. The fraction of sp³-hybridized carbons (Fsp3) is 0.429. The van der Waals surface area contributed by atoms with E-state index in [-0.39, 0.29) is 12.5 Å². The molecule has 0 spiro atoms. The molecule has 5 heteroatoms. The van der Waals surface area contributed by atoms with Crippen molar-refractivity contribution in [1.82, 2.24) is 10.3 Å². The fourth-order valence-electron chi connectivity index (χ4n) is 3.96. The quantitative estimate of drug-likeness (QED) is 0.887. The molecule has 1 amide bonds. The van der Waals surface area contributed by atoms with Crippen molar-refractivity contribution < 1.29 is 9.90 Å². The van der Waals surface area contributed by atoms with Gasteiger partial charge in [-0.05, 0) is 67.5 Å². The first-order valence-electron chi connectivity index (χ1n) is 9.41. The van der Waals surface area contributed by atoms with Gasteiger partial charge in [0.25, 0.3) is 5.91 Å². The summed E-state index contributed by atoms with van der Waals surface area (Å²) in [5.74, 6) is 0.757. The third-order valence-corrected chi connectivity index (χ3v) is 5.49. The molecule has 1 aromatic carbocycles. The normalized spacial score (nSPS) is 22.1. The van der Waals surface area contributed by atoms with Crippen molar-refractivity contribution in [3.05, 3.63) is 59.3 Å². The zero-order valence-electron chi connectivity index (χ0n) is 14.9. The standard InChI is InChI=1S/C21H25N3O2/c25-20(18-9-8-16-5-1-2-6-17(16)13-18)23-14-21(26)10-12-24(15-21)19-7-3-4-11-22-19/h3-4,7-9,11,13,26H,1-2,5-6,10,12,14-15H2,(H,23,25). The van der Waals surface area contributed by atoms with Crippen LogP contribution in [0.25, 0.3) is 0 Å². The second-order valence-electron chi connectivity index (χ2n) is 7.46. The molecule has 1 aliphatic carbocycles. The average molecular weight is 351 g/mol. The number of anilines is 1. The number of pyridine rings is 1. The molecule has 1 aromatic heterocycles. The monoisotopic (exact) mass is 351 g/mol. The van der Waals surface area contributed by atoms with E-state index in [0.717, 1.165) is 25.2 Å². The number of carbonyl (C=O) groups is 1. The zero-order chi connectivity index (χ0) is 18.0. The molecule has 2 aliphatic rings. The Labute approximate surface area is 154 Å². The van der Waals surface area contributed by atoms with Crippen molar-refractivity contribution >= 4 is 11.7 Å². The third kappa shape index (κ3) is 3.58. The van der Waals surface area contributed by atoms with E-state index in [1.54, 1.807) is 6.20 Å². The van der Waals surface area contributed by atoms with Crippen molar-refractivity contribution in [2.75, 3.05) is 24.5 Å². The number of amides is 1. The maximum absolute atomic E-state index is 12.5. The van der Waals surface area contributed by atoms with Crippen molar-refractivity contribution in [2.24, 2.45) is 0 Å². The number of aliphatic hydroxyl groups is 1. The summed E-state index contributed by atoms with van der Waals surface area (Å²) >= 11 is 0. The highest BCUT2D eigenvalue weighted by Crippen LogP contribution is 2.25. The van der Waals surface area contributed by atoms with Gasteiger partial charge in [0.2, 0.25) is 0 Å². The summed E-state index contributed by atoms with van der Waals surface area (Å²) in [5.41, 5.74) is 2.44. The van der Waals surface area contributed by atoms with Gasteiger partial charge < -0.3 is 15.3 Å². The summed E-state index contributed by atoms with van der Waals surface area (Å²) < 4.78 is 0. The van der Waals surface area contributed by atoms with E-state index in [2.05, 4.69) is 21.3 Å². The number of carbonyl (C=O) groups excluding carboxylic acids is 1. The van der Waals surface area contributed by atoms with E-state index in [1.807, 2.05) is 30.3 Å². The summed E-state index contributed by atoms with van der Waals surface area (Å²) in [6, 6.07) is 11.8. The highest BCUT2D eigenvalue weighted by Gasteiger charge is 2.37. The van der Waals surface area contributed by atoms with E-state index in [0.29, 0.717) is 18.5 Å². The molecular formula is C21H25N3O2. The number of benzene rings is 1. The van der Waals surface area contributed by atoms with Crippen LogP contribution in [0, 0.1) is 0 Å². The number of β-amino-alcohol motifs (C(OH)–C–C–N with tert-alkyl or cyclic N) is 1. The molecule has 2 aromatic rings. The second-order valence-corrected chi connectivity index (χ2v) is 7.46. The Morgan fingerprint density at radius 1 is 1.19 bits per heavy atom. The number of hydrogen-bond acceptors (Lipinski definition) is 4. The van der Waals surface area contributed by atoms with Gasteiger partial charge >= 0.3 is 0 Å². The van der Waals surface area contributed by atoms with Crippen LogP contribution in [0.4, 0.5) is 5.82 Å². The Morgan fingerprint density at radius 3 is 2.85 bits per heavy atom. The Kier molecular flexibility index (Phi) is 4.64. The van der Waals surface area contributed by atoms with Gasteiger partial charge in [0.1, 0.15) is 11.4 Å². The largest absolute Gasteiger partial charge is 0.386 e. The predicted molar refractivity (Wildman–Crippen MR) is 101 cm³/mol. The van der Waals surface area contributed by atoms with Gasteiger partial charge in [-0.25, -0.2) is 4.98 Å². The number of fused-ring (bicyclic) bond motifs is 1. The molecule has 1 aliphatic heterocycles. The van der Waals surface area contributed by atoms with Gasteiger partial charge in [-0.2, -0.15) is 0 Å². The molecule has 0 bridgehead atoms. The van der Waals surface area contributed by atoms with Crippen LogP contribution >= 0.6 is 0 Å². The van der Waals surface area contributed by atoms with Gasteiger partial charge in [-0.1, -0.05) is 12.1 Å². The maximum Gasteiger partial charge on any atom is 0.251 e. The Hall–Kier alpha value is -2.40. The maximum atomic E-state index is 12.5. The van der Waals surface area contributed by atoms with Crippen LogP contribution in [0.5, 0.6) is 0 Å². The molecule has 0 saturated carbocycles. The molecule has 5 nitrogen and oxygen atoms in total. The van der Waals surface area contributed by atoms with Gasteiger partial charge in [0.15, 0.2) is 0 Å². The number of aryl methyl sites for hydroxylation is 2. The van der Waals surface area contributed by atoms with Crippen LogP contribution in [-0.4, -0.2) is 41.2 Å². The first-order chi connectivity index (χ1) is 12.6. The molecule has 2 heterocycles. The molecule has 26 heavy (non-hydrogen) atoms.